The third-order valence-electron chi connectivity index (χ3n) is 4.89. The summed E-state index contributed by atoms with van der Waals surface area (Å²) in [4.78, 5) is 27.4. The van der Waals surface area contributed by atoms with Crippen LogP contribution in [0.3, 0.4) is 0 Å². The van der Waals surface area contributed by atoms with Crippen molar-refractivity contribution in [3.63, 3.8) is 0 Å². The van der Waals surface area contributed by atoms with Crippen LogP contribution >= 0.6 is 0 Å². The molecule has 0 aromatic heterocycles. The van der Waals surface area contributed by atoms with Gasteiger partial charge in [-0.1, -0.05) is 38.5 Å². The molecule has 1 N–H and O–H groups in total. The minimum Gasteiger partial charge on any atom is -0.368 e. The van der Waals surface area contributed by atoms with Crippen molar-refractivity contribution in [3.8, 4) is 0 Å². The third kappa shape index (κ3) is 3.11. The molecule has 1 saturated heterocycles. The zero-order valence-corrected chi connectivity index (χ0v) is 13.7. The van der Waals surface area contributed by atoms with Crippen LogP contribution < -0.4 is 5.32 Å². The molecule has 0 spiro atoms. The summed E-state index contributed by atoms with van der Waals surface area (Å²) in [6.07, 6.45) is 2.08. The Bertz CT molecular complexity index is 596. The highest BCUT2D eigenvalue weighted by Gasteiger charge is 2.39. The average Bonchev–Trinajstić information content (AvgIpc) is 3.04. The average molecular weight is 316 g/mol. The SMILES string of the molecule is CC[C@H](C)[C@H]1C(=O)Nc2ccccc2CN1C(=O)[C@H]1CCCO1. The minimum absolute atomic E-state index is 0.0559. The number of nitrogens with zero attached hydrogens (tertiary/aromatic N) is 1. The lowest BCUT2D eigenvalue weighted by Crippen LogP contribution is -2.51. The largest absolute Gasteiger partial charge is 0.368 e. The number of nitrogens with one attached hydrogen (secondary N) is 1. The van der Waals surface area contributed by atoms with Crippen LogP contribution in [0.4, 0.5) is 5.69 Å². The second-order valence-corrected chi connectivity index (χ2v) is 6.44. The van der Waals surface area contributed by atoms with Crippen LogP contribution in [0.25, 0.3) is 0 Å². The molecule has 0 bridgehead atoms. The first-order valence-corrected chi connectivity index (χ1v) is 8.42. The zero-order chi connectivity index (χ0) is 16.4. The molecule has 2 amide bonds. The van der Waals surface area contributed by atoms with E-state index in [1.165, 1.54) is 0 Å². The standard InChI is InChI=1S/C18H24N2O3/c1-3-12(2)16-17(21)19-14-8-5-4-7-13(14)11-20(16)18(22)15-9-6-10-23-15/h4-5,7-8,12,15-16H,3,6,9-11H2,1-2H3,(H,19,21)/t12-,15+,16-/m0/s1. The Morgan fingerprint density at radius 3 is 2.91 bits per heavy atom. The lowest BCUT2D eigenvalue weighted by molar-refractivity contribution is -0.148. The Hall–Kier alpha value is -1.88. The van der Waals surface area contributed by atoms with Gasteiger partial charge in [-0.25, -0.2) is 0 Å². The summed E-state index contributed by atoms with van der Waals surface area (Å²) in [5.41, 5.74) is 1.77. The molecule has 2 heterocycles. The summed E-state index contributed by atoms with van der Waals surface area (Å²) in [7, 11) is 0. The van der Waals surface area contributed by atoms with Gasteiger partial charge in [-0.2, -0.15) is 0 Å². The molecule has 23 heavy (non-hydrogen) atoms. The minimum atomic E-state index is -0.455. The Balaban J connectivity index is 1.96. The number of rotatable bonds is 3. The van der Waals surface area contributed by atoms with Crippen molar-refractivity contribution in [2.45, 2.75) is 51.8 Å². The maximum Gasteiger partial charge on any atom is 0.252 e. The molecule has 2 aliphatic heterocycles. The summed E-state index contributed by atoms with van der Waals surface area (Å²) >= 11 is 0. The zero-order valence-electron chi connectivity index (χ0n) is 13.7. The van der Waals surface area contributed by atoms with Crippen LogP contribution in [0.1, 0.15) is 38.7 Å². The number of fused-ring (bicyclic) bond motifs is 1. The summed E-state index contributed by atoms with van der Waals surface area (Å²) in [6.45, 7) is 5.14. The highest BCUT2D eigenvalue weighted by molar-refractivity contribution is 5.99. The first-order chi connectivity index (χ1) is 11.1. The van der Waals surface area contributed by atoms with E-state index in [4.69, 9.17) is 4.74 Å². The van der Waals surface area contributed by atoms with Crippen molar-refractivity contribution < 1.29 is 14.3 Å². The van der Waals surface area contributed by atoms with Gasteiger partial charge in [-0.05, 0) is 30.4 Å². The van der Waals surface area contributed by atoms with Crippen molar-refractivity contribution in [2.24, 2.45) is 5.92 Å². The van der Waals surface area contributed by atoms with E-state index in [2.05, 4.69) is 5.32 Å². The number of carbonyl (C=O) groups is 2. The van der Waals surface area contributed by atoms with E-state index in [9.17, 15) is 9.59 Å². The molecule has 3 rings (SSSR count). The van der Waals surface area contributed by atoms with Gasteiger partial charge >= 0.3 is 0 Å². The van der Waals surface area contributed by atoms with Gasteiger partial charge in [0.1, 0.15) is 12.1 Å². The Kier molecular flexibility index (Phi) is 4.66. The molecular formula is C18H24N2O3. The van der Waals surface area contributed by atoms with Crippen LogP contribution in [0.15, 0.2) is 24.3 Å². The quantitative estimate of drug-likeness (QED) is 0.932. The number of hydrogen-bond acceptors (Lipinski definition) is 3. The number of para-hydroxylation sites is 1. The first kappa shape index (κ1) is 16.0. The van der Waals surface area contributed by atoms with E-state index in [1.54, 1.807) is 4.90 Å². The number of carbonyl (C=O) groups excluding carboxylic acids is 2. The van der Waals surface area contributed by atoms with Gasteiger partial charge < -0.3 is 15.0 Å². The van der Waals surface area contributed by atoms with E-state index >= 15 is 0 Å². The van der Waals surface area contributed by atoms with Gasteiger partial charge in [0.05, 0.1) is 0 Å². The second kappa shape index (κ2) is 6.71. The highest BCUT2D eigenvalue weighted by Crippen LogP contribution is 2.29. The topological polar surface area (TPSA) is 58.6 Å². The molecule has 1 aromatic carbocycles. The van der Waals surface area contributed by atoms with Crippen LogP contribution in [-0.4, -0.2) is 35.5 Å². The molecule has 124 valence electrons. The van der Waals surface area contributed by atoms with Crippen molar-refractivity contribution in [1.29, 1.82) is 0 Å². The van der Waals surface area contributed by atoms with Crippen molar-refractivity contribution in [1.82, 2.24) is 4.90 Å². The first-order valence-electron chi connectivity index (χ1n) is 8.42. The van der Waals surface area contributed by atoms with Gasteiger partial charge in [-0.3, -0.25) is 9.59 Å². The van der Waals surface area contributed by atoms with Crippen molar-refractivity contribution >= 4 is 17.5 Å². The van der Waals surface area contributed by atoms with Gasteiger partial charge in [0, 0.05) is 18.8 Å². The molecule has 2 aliphatic rings. The molecule has 1 aromatic rings. The lowest BCUT2D eigenvalue weighted by atomic mass is 9.96. The lowest BCUT2D eigenvalue weighted by Gasteiger charge is -2.33. The maximum atomic E-state index is 13.0. The maximum absolute atomic E-state index is 13.0. The van der Waals surface area contributed by atoms with E-state index in [1.807, 2.05) is 38.1 Å². The number of amides is 2. The smallest absolute Gasteiger partial charge is 0.252 e. The molecule has 0 saturated carbocycles. The van der Waals surface area contributed by atoms with Crippen molar-refractivity contribution in [3.05, 3.63) is 29.8 Å². The van der Waals surface area contributed by atoms with Crippen LogP contribution in [0, 0.1) is 5.92 Å². The molecule has 1 fully saturated rings. The molecule has 0 unspecified atom stereocenters. The Labute approximate surface area is 137 Å². The van der Waals surface area contributed by atoms with Crippen LogP contribution in [0.2, 0.25) is 0 Å². The van der Waals surface area contributed by atoms with E-state index in [0.717, 1.165) is 30.5 Å². The molecule has 5 nitrogen and oxygen atoms in total. The number of hydrogen-bond donors (Lipinski definition) is 1. The van der Waals surface area contributed by atoms with Gasteiger partial charge in [0.2, 0.25) is 5.91 Å². The Morgan fingerprint density at radius 1 is 1.43 bits per heavy atom. The van der Waals surface area contributed by atoms with Gasteiger partial charge in [-0.15, -0.1) is 0 Å². The van der Waals surface area contributed by atoms with Crippen LogP contribution in [0.5, 0.6) is 0 Å². The molecular weight excluding hydrogens is 292 g/mol. The molecule has 0 aliphatic carbocycles. The molecule has 5 heteroatoms. The fourth-order valence-electron chi connectivity index (χ4n) is 3.37. The molecule has 3 atom stereocenters. The van der Waals surface area contributed by atoms with E-state index < -0.39 is 12.1 Å². The van der Waals surface area contributed by atoms with E-state index in [0.29, 0.717) is 13.2 Å². The fraction of sp³-hybridized carbons (Fsp3) is 0.556. The highest BCUT2D eigenvalue weighted by atomic mass is 16.5. The van der Waals surface area contributed by atoms with Crippen LogP contribution in [-0.2, 0) is 20.9 Å². The third-order valence-corrected chi connectivity index (χ3v) is 4.89. The predicted molar refractivity (Wildman–Crippen MR) is 87.8 cm³/mol. The van der Waals surface area contributed by atoms with Gasteiger partial charge in [0.15, 0.2) is 0 Å². The summed E-state index contributed by atoms with van der Waals surface area (Å²) in [6, 6.07) is 7.23. The predicted octanol–water partition coefficient (Wildman–Crippen LogP) is 2.56. The van der Waals surface area contributed by atoms with Crippen molar-refractivity contribution in [2.75, 3.05) is 11.9 Å². The number of benzene rings is 1. The normalized spacial score (nSPS) is 25.5. The fourth-order valence-corrected chi connectivity index (χ4v) is 3.37. The summed E-state index contributed by atoms with van der Waals surface area (Å²) < 4.78 is 5.57. The second-order valence-electron chi connectivity index (χ2n) is 6.44. The Morgan fingerprint density at radius 2 is 2.22 bits per heavy atom. The summed E-state index contributed by atoms with van der Waals surface area (Å²) in [5, 5.41) is 2.99. The van der Waals surface area contributed by atoms with Gasteiger partial charge in [0.25, 0.3) is 5.91 Å². The number of anilines is 1. The molecule has 0 radical (unpaired) electrons. The monoisotopic (exact) mass is 316 g/mol. The summed E-state index contributed by atoms with van der Waals surface area (Å²) in [5.74, 6) is -0.0648. The number of ether oxygens (including phenoxy) is 1. The van der Waals surface area contributed by atoms with E-state index in [-0.39, 0.29) is 17.7 Å².